The molecule has 0 amide bonds. The molecule has 2 atom stereocenters. The van der Waals surface area contributed by atoms with Gasteiger partial charge in [-0.1, -0.05) is 13.3 Å². The highest BCUT2D eigenvalue weighted by molar-refractivity contribution is 5.96. The highest BCUT2D eigenvalue weighted by Gasteiger charge is 2.42. The second-order valence-corrected chi connectivity index (χ2v) is 3.18. The van der Waals surface area contributed by atoms with Crippen molar-refractivity contribution < 1.29 is 19.1 Å². The molecule has 0 saturated carbocycles. The summed E-state index contributed by atoms with van der Waals surface area (Å²) in [6.07, 6.45) is 1.76. The van der Waals surface area contributed by atoms with E-state index in [9.17, 15) is 9.59 Å². The first-order valence-electron chi connectivity index (χ1n) is 4.45. The molecule has 4 heteroatoms. The normalized spacial score (nSPS) is 27.1. The average molecular weight is 186 g/mol. The van der Waals surface area contributed by atoms with Gasteiger partial charge in [-0.3, -0.25) is 9.59 Å². The minimum atomic E-state index is -0.690. The van der Waals surface area contributed by atoms with E-state index in [1.807, 2.05) is 6.92 Å². The molecule has 1 heterocycles. The van der Waals surface area contributed by atoms with Crippen LogP contribution in [0, 0.1) is 11.8 Å². The van der Waals surface area contributed by atoms with Crippen molar-refractivity contribution in [3.63, 3.8) is 0 Å². The van der Waals surface area contributed by atoms with Crippen LogP contribution < -0.4 is 0 Å². The lowest BCUT2D eigenvalue weighted by Gasteiger charge is -2.10. The fourth-order valence-corrected chi connectivity index (χ4v) is 1.60. The molecule has 4 nitrogen and oxygen atoms in total. The van der Waals surface area contributed by atoms with Crippen LogP contribution in [0.25, 0.3) is 0 Å². The van der Waals surface area contributed by atoms with Gasteiger partial charge in [-0.05, 0) is 6.42 Å². The molecule has 0 aromatic heterocycles. The lowest BCUT2D eigenvalue weighted by molar-refractivity contribution is -0.154. The van der Waals surface area contributed by atoms with Crippen molar-refractivity contribution >= 4 is 11.9 Å². The maximum absolute atomic E-state index is 11.2. The first kappa shape index (κ1) is 10.0. The molecule has 0 bridgehead atoms. The maximum Gasteiger partial charge on any atom is 0.320 e. The summed E-state index contributed by atoms with van der Waals surface area (Å²) < 4.78 is 9.36. The van der Waals surface area contributed by atoms with Gasteiger partial charge in [-0.2, -0.15) is 0 Å². The van der Waals surface area contributed by atoms with Crippen LogP contribution in [0.3, 0.4) is 0 Å². The van der Waals surface area contributed by atoms with Gasteiger partial charge in [0.1, 0.15) is 0 Å². The summed E-state index contributed by atoms with van der Waals surface area (Å²) >= 11 is 0. The van der Waals surface area contributed by atoms with E-state index >= 15 is 0 Å². The van der Waals surface area contributed by atoms with E-state index in [1.54, 1.807) is 0 Å². The molecule has 0 N–H and O–H groups in total. The Morgan fingerprint density at radius 1 is 1.69 bits per heavy atom. The number of ether oxygens (including phenoxy) is 2. The van der Waals surface area contributed by atoms with Gasteiger partial charge in [-0.25, -0.2) is 0 Å². The topological polar surface area (TPSA) is 52.6 Å². The predicted octanol–water partition coefficient (Wildman–Crippen LogP) is 0.749. The van der Waals surface area contributed by atoms with E-state index in [0.29, 0.717) is 6.61 Å². The van der Waals surface area contributed by atoms with Crippen LogP contribution >= 0.6 is 0 Å². The van der Waals surface area contributed by atoms with Crippen molar-refractivity contribution in [2.75, 3.05) is 13.7 Å². The van der Waals surface area contributed by atoms with Crippen LogP contribution in [0.1, 0.15) is 19.8 Å². The van der Waals surface area contributed by atoms with Gasteiger partial charge in [0.05, 0.1) is 13.7 Å². The van der Waals surface area contributed by atoms with Gasteiger partial charge in [0.2, 0.25) is 0 Å². The largest absolute Gasteiger partial charge is 0.468 e. The molecule has 1 fully saturated rings. The predicted molar refractivity (Wildman–Crippen MR) is 44.9 cm³/mol. The number of carbonyl (C=O) groups excluding carboxylic acids is 2. The Bertz CT molecular complexity index is 212. The third kappa shape index (κ3) is 1.99. The highest BCUT2D eigenvalue weighted by Crippen LogP contribution is 2.27. The smallest absolute Gasteiger partial charge is 0.320 e. The summed E-state index contributed by atoms with van der Waals surface area (Å²) in [4.78, 5) is 22.3. The SMILES string of the molecule is CCC[C@@H]1COC(=O)C1C(=O)OC. The van der Waals surface area contributed by atoms with E-state index in [0.717, 1.165) is 12.8 Å². The van der Waals surface area contributed by atoms with Crippen LogP contribution in [-0.2, 0) is 19.1 Å². The van der Waals surface area contributed by atoms with Crippen LogP contribution in [0.4, 0.5) is 0 Å². The minimum Gasteiger partial charge on any atom is -0.468 e. The first-order valence-corrected chi connectivity index (χ1v) is 4.45. The van der Waals surface area contributed by atoms with Gasteiger partial charge < -0.3 is 9.47 Å². The van der Waals surface area contributed by atoms with E-state index in [2.05, 4.69) is 4.74 Å². The zero-order valence-electron chi connectivity index (χ0n) is 7.91. The summed E-state index contributed by atoms with van der Waals surface area (Å²) in [6, 6.07) is 0. The standard InChI is InChI=1S/C9H14O4/c1-3-4-6-5-13-9(11)7(6)8(10)12-2/h6-7H,3-5H2,1-2H3/t6-,7?/m1/s1. The molecule has 0 aromatic carbocycles. The van der Waals surface area contributed by atoms with Crippen molar-refractivity contribution in [1.82, 2.24) is 0 Å². The van der Waals surface area contributed by atoms with E-state index in [-0.39, 0.29) is 5.92 Å². The molecule has 0 radical (unpaired) electrons. The Hall–Kier alpha value is -1.06. The number of cyclic esters (lactones) is 1. The monoisotopic (exact) mass is 186 g/mol. The van der Waals surface area contributed by atoms with Gasteiger partial charge >= 0.3 is 11.9 Å². The number of hydrogen-bond donors (Lipinski definition) is 0. The van der Waals surface area contributed by atoms with Gasteiger partial charge in [0, 0.05) is 5.92 Å². The lowest BCUT2D eigenvalue weighted by atomic mass is 9.91. The molecule has 0 aromatic rings. The Morgan fingerprint density at radius 2 is 2.38 bits per heavy atom. The minimum absolute atomic E-state index is 0.00458. The summed E-state index contributed by atoms with van der Waals surface area (Å²) in [6.45, 7) is 2.36. The Balaban J connectivity index is 2.65. The van der Waals surface area contributed by atoms with E-state index in [1.165, 1.54) is 7.11 Å². The lowest BCUT2D eigenvalue weighted by Crippen LogP contribution is -2.26. The number of rotatable bonds is 3. The second kappa shape index (κ2) is 4.25. The van der Waals surface area contributed by atoms with E-state index in [4.69, 9.17) is 4.74 Å². The first-order chi connectivity index (χ1) is 6.20. The molecule has 74 valence electrons. The molecular formula is C9H14O4. The summed E-state index contributed by atoms with van der Waals surface area (Å²) in [7, 11) is 1.29. The number of methoxy groups -OCH3 is 1. The molecular weight excluding hydrogens is 172 g/mol. The molecule has 1 aliphatic heterocycles. The number of hydrogen-bond acceptors (Lipinski definition) is 4. The zero-order valence-corrected chi connectivity index (χ0v) is 7.91. The van der Waals surface area contributed by atoms with Crippen molar-refractivity contribution in [2.45, 2.75) is 19.8 Å². The summed E-state index contributed by atoms with van der Waals surface area (Å²) in [5.74, 6) is -1.60. The molecule has 1 saturated heterocycles. The maximum atomic E-state index is 11.2. The van der Waals surface area contributed by atoms with E-state index < -0.39 is 17.9 Å². The average Bonchev–Trinajstić information content (AvgIpc) is 2.47. The molecule has 13 heavy (non-hydrogen) atoms. The van der Waals surface area contributed by atoms with Crippen molar-refractivity contribution in [3.8, 4) is 0 Å². The third-order valence-electron chi connectivity index (χ3n) is 2.28. The van der Waals surface area contributed by atoms with Gasteiger partial charge in [0.15, 0.2) is 5.92 Å². The Labute approximate surface area is 77.2 Å². The highest BCUT2D eigenvalue weighted by atomic mass is 16.6. The second-order valence-electron chi connectivity index (χ2n) is 3.18. The zero-order chi connectivity index (χ0) is 9.84. The molecule has 1 aliphatic rings. The third-order valence-corrected chi connectivity index (χ3v) is 2.28. The molecule has 1 unspecified atom stereocenters. The number of carbonyl (C=O) groups is 2. The fourth-order valence-electron chi connectivity index (χ4n) is 1.60. The van der Waals surface area contributed by atoms with Crippen molar-refractivity contribution in [1.29, 1.82) is 0 Å². The Kier molecular flexibility index (Phi) is 3.28. The summed E-state index contributed by atoms with van der Waals surface area (Å²) in [5.41, 5.74) is 0. The van der Waals surface area contributed by atoms with Gasteiger partial charge in [0.25, 0.3) is 0 Å². The fraction of sp³-hybridized carbons (Fsp3) is 0.778. The van der Waals surface area contributed by atoms with Gasteiger partial charge in [-0.15, -0.1) is 0 Å². The molecule has 0 aliphatic carbocycles. The van der Waals surface area contributed by atoms with Crippen LogP contribution in [-0.4, -0.2) is 25.7 Å². The Morgan fingerprint density at radius 3 is 2.92 bits per heavy atom. The summed E-state index contributed by atoms with van der Waals surface area (Å²) in [5, 5.41) is 0. The van der Waals surface area contributed by atoms with Crippen LogP contribution in [0.5, 0.6) is 0 Å². The van der Waals surface area contributed by atoms with Crippen molar-refractivity contribution in [3.05, 3.63) is 0 Å². The molecule has 0 spiro atoms. The van der Waals surface area contributed by atoms with Crippen LogP contribution in [0.15, 0.2) is 0 Å². The number of esters is 2. The quantitative estimate of drug-likeness (QED) is 0.482. The van der Waals surface area contributed by atoms with Crippen LogP contribution in [0.2, 0.25) is 0 Å². The van der Waals surface area contributed by atoms with Crippen molar-refractivity contribution in [2.24, 2.45) is 11.8 Å². The molecule has 1 rings (SSSR count).